The molecule has 4 aromatic carbocycles. The number of carbonyl (C=O) groups excluding carboxylic acids is 1. The van der Waals surface area contributed by atoms with Crippen molar-refractivity contribution in [3.8, 4) is 0 Å². The molecule has 0 atom stereocenters. The van der Waals surface area contributed by atoms with E-state index in [1.165, 1.54) is 28.6 Å². The largest absolute Gasteiger partial charge is 0.324 e. The van der Waals surface area contributed by atoms with Crippen LogP contribution in [0.2, 0.25) is 5.02 Å². The van der Waals surface area contributed by atoms with Gasteiger partial charge in [0.1, 0.15) is 0 Å². The van der Waals surface area contributed by atoms with E-state index < -0.39 is 15.9 Å². The highest BCUT2D eigenvalue weighted by Crippen LogP contribution is 2.24. The summed E-state index contributed by atoms with van der Waals surface area (Å²) in [7, 11) is -3.95. The van der Waals surface area contributed by atoms with E-state index in [-0.39, 0.29) is 18.0 Å². The maximum Gasteiger partial charge on any atom is 0.243 e. The summed E-state index contributed by atoms with van der Waals surface area (Å²) in [6, 6.07) is 26.8. The van der Waals surface area contributed by atoms with Crippen LogP contribution >= 0.6 is 11.6 Å². The van der Waals surface area contributed by atoms with E-state index in [9.17, 15) is 13.2 Å². The van der Waals surface area contributed by atoms with Crippen molar-refractivity contribution in [2.45, 2.75) is 18.4 Å². The fraction of sp³-hybridized carbons (Fsp3) is 0.115. The molecule has 4 aromatic rings. The Kier molecular flexibility index (Phi) is 6.79. The Morgan fingerprint density at radius 3 is 2.30 bits per heavy atom. The predicted octanol–water partition coefficient (Wildman–Crippen LogP) is 5.63. The summed E-state index contributed by atoms with van der Waals surface area (Å²) in [6.07, 6.45) is 0. The van der Waals surface area contributed by atoms with Gasteiger partial charge in [-0.15, -0.1) is 0 Å². The van der Waals surface area contributed by atoms with Gasteiger partial charge >= 0.3 is 0 Å². The summed E-state index contributed by atoms with van der Waals surface area (Å²) < 4.78 is 28.1. The first-order chi connectivity index (χ1) is 15.8. The number of benzene rings is 4. The van der Waals surface area contributed by atoms with Crippen LogP contribution in [0.4, 0.5) is 5.69 Å². The molecule has 5 nitrogen and oxygen atoms in total. The second kappa shape index (κ2) is 9.75. The molecule has 0 aromatic heterocycles. The van der Waals surface area contributed by atoms with Crippen LogP contribution < -0.4 is 5.32 Å². The van der Waals surface area contributed by atoms with Crippen molar-refractivity contribution >= 4 is 44.0 Å². The van der Waals surface area contributed by atoms with Crippen LogP contribution in [-0.2, 0) is 21.4 Å². The highest BCUT2D eigenvalue weighted by atomic mass is 35.5. The molecular weight excluding hydrogens is 456 g/mol. The SMILES string of the molecule is Cc1ccccc1CN(CC(=O)Nc1cccc2ccccc12)S(=O)(=O)c1ccc(Cl)cc1. The number of nitrogens with one attached hydrogen (secondary N) is 1. The van der Waals surface area contributed by atoms with Crippen molar-refractivity contribution < 1.29 is 13.2 Å². The first-order valence-electron chi connectivity index (χ1n) is 10.4. The minimum Gasteiger partial charge on any atom is -0.324 e. The summed E-state index contributed by atoms with van der Waals surface area (Å²) >= 11 is 5.94. The summed E-state index contributed by atoms with van der Waals surface area (Å²) in [6.45, 7) is 1.65. The highest BCUT2D eigenvalue weighted by molar-refractivity contribution is 7.89. The smallest absolute Gasteiger partial charge is 0.243 e. The number of halogens is 1. The standard InChI is InChI=1S/C26H23ClN2O3S/c1-19-7-2-3-9-21(19)17-29(33(31,32)23-15-13-22(27)14-16-23)18-26(30)28-25-12-6-10-20-8-4-5-11-24(20)25/h2-16H,17-18H2,1H3,(H,28,30). The van der Waals surface area contributed by atoms with Gasteiger partial charge in [-0.1, -0.05) is 72.3 Å². The summed E-state index contributed by atoms with van der Waals surface area (Å²) in [5.41, 5.74) is 2.41. The van der Waals surface area contributed by atoms with E-state index in [4.69, 9.17) is 11.6 Å². The lowest BCUT2D eigenvalue weighted by atomic mass is 10.1. The highest BCUT2D eigenvalue weighted by Gasteiger charge is 2.27. The Balaban J connectivity index is 1.64. The molecular formula is C26H23ClN2O3S. The predicted molar refractivity (Wildman–Crippen MR) is 133 cm³/mol. The van der Waals surface area contributed by atoms with Crippen LogP contribution in [0.5, 0.6) is 0 Å². The van der Waals surface area contributed by atoms with E-state index in [0.717, 1.165) is 21.9 Å². The number of aryl methyl sites for hydroxylation is 1. The maximum atomic E-state index is 13.5. The van der Waals surface area contributed by atoms with Gasteiger partial charge in [-0.3, -0.25) is 4.79 Å². The molecule has 0 fully saturated rings. The van der Waals surface area contributed by atoms with Gasteiger partial charge in [-0.2, -0.15) is 4.31 Å². The van der Waals surface area contributed by atoms with Gasteiger partial charge in [0.05, 0.1) is 11.4 Å². The number of nitrogens with zero attached hydrogens (tertiary/aromatic N) is 1. The molecule has 0 heterocycles. The summed E-state index contributed by atoms with van der Waals surface area (Å²) in [5, 5.41) is 5.20. The van der Waals surface area contributed by atoms with Crippen molar-refractivity contribution in [2.75, 3.05) is 11.9 Å². The van der Waals surface area contributed by atoms with Gasteiger partial charge in [0.2, 0.25) is 15.9 Å². The van der Waals surface area contributed by atoms with Crippen LogP contribution in [-0.4, -0.2) is 25.2 Å². The lowest BCUT2D eigenvalue weighted by Crippen LogP contribution is -2.37. The van der Waals surface area contributed by atoms with Gasteiger partial charge in [0.25, 0.3) is 0 Å². The van der Waals surface area contributed by atoms with E-state index >= 15 is 0 Å². The Morgan fingerprint density at radius 1 is 0.879 bits per heavy atom. The third-order valence-corrected chi connectivity index (χ3v) is 7.50. The van der Waals surface area contributed by atoms with E-state index in [1.54, 1.807) is 6.07 Å². The monoisotopic (exact) mass is 478 g/mol. The molecule has 7 heteroatoms. The zero-order valence-electron chi connectivity index (χ0n) is 18.0. The molecule has 0 spiro atoms. The van der Waals surface area contributed by atoms with Crippen molar-refractivity contribution in [3.63, 3.8) is 0 Å². The molecule has 1 N–H and O–H groups in total. The van der Waals surface area contributed by atoms with Gasteiger partial charge in [-0.05, 0) is 53.8 Å². The molecule has 4 rings (SSSR count). The lowest BCUT2D eigenvalue weighted by Gasteiger charge is -2.23. The molecule has 0 bridgehead atoms. The lowest BCUT2D eigenvalue weighted by molar-refractivity contribution is -0.116. The van der Waals surface area contributed by atoms with E-state index in [0.29, 0.717) is 10.7 Å². The zero-order chi connectivity index (χ0) is 23.4. The third-order valence-electron chi connectivity index (χ3n) is 5.44. The molecule has 0 aliphatic rings. The van der Waals surface area contributed by atoms with Gasteiger partial charge in [0.15, 0.2) is 0 Å². The molecule has 0 saturated heterocycles. The van der Waals surface area contributed by atoms with Crippen LogP contribution in [0, 0.1) is 6.92 Å². The first kappa shape index (κ1) is 23.0. The average molecular weight is 479 g/mol. The minimum absolute atomic E-state index is 0.0700. The van der Waals surface area contributed by atoms with Crippen molar-refractivity contribution in [1.82, 2.24) is 4.31 Å². The van der Waals surface area contributed by atoms with Crippen molar-refractivity contribution in [1.29, 1.82) is 0 Å². The average Bonchev–Trinajstić information content (AvgIpc) is 2.80. The fourth-order valence-electron chi connectivity index (χ4n) is 3.64. The second-order valence-electron chi connectivity index (χ2n) is 7.73. The van der Waals surface area contributed by atoms with Gasteiger partial charge < -0.3 is 5.32 Å². The van der Waals surface area contributed by atoms with Crippen molar-refractivity contribution in [2.24, 2.45) is 0 Å². The molecule has 0 radical (unpaired) electrons. The number of rotatable bonds is 7. The Hall–Kier alpha value is -3.19. The van der Waals surface area contributed by atoms with Crippen LogP contribution in [0.3, 0.4) is 0 Å². The number of hydrogen-bond acceptors (Lipinski definition) is 3. The Labute approximate surface area is 198 Å². The first-order valence-corrected chi connectivity index (χ1v) is 12.2. The fourth-order valence-corrected chi connectivity index (χ4v) is 5.14. The molecule has 0 aliphatic heterocycles. The van der Waals surface area contributed by atoms with Crippen LogP contribution in [0.1, 0.15) is 11.1 Å². The van der Waals surface area contributed by atoms with Gasteiger partial charge in [-0.25, -0.2) is 8.42 Å². The molecule has 0 aliphatic carbocycles. The maximum absolute atomic E-state index is 13.5. The molecule has 0 unspecified atom stereocenters. The van der Waals surface area contributed by atoms with E-state index in [1.807, 2.05) is 67.6 Å². The van der Waals surface area contributed by atoms with Crippen molar-refractivity contribution in [3.05, 3.63) is 107 Å². The second-order valence-corrected chi connectivity index (χ2v) is 10.1. The third kappa shape index (κ3) is 5.25. The number of hydrogen-bond donors (Lipinski definition) is 1. The number of anilines is 1. The number of fused-ring (bicyclic) bond motifs is 1. The minimum atomic E-state index is -3.95. The topological polar surface area (TPSA) is 66.5 Å². The number of amides is 1. The van der Waals surface area contributed by atoms with Gasteiger partial charge in [0, 0.05) is 22.6 Å². The molecule has 0 saturated carbocycles. The molecule has 1 amide bonds. The summed E-state index contributed by atoms with van der Waals surface area (Å²) in [4.78, 5) is 13.1. The van der Waals surface area contributed by atoms with Crippen LogP contribution in [0.25, 0.3) is 10.8 Å². The van der Waals surface area contributed by atoms with E-state index in [2.05, 4.69) is 5.32 Å². The quantitative estimate of drug-likeness (QED) is 0.374. The number of sulfonamides is 1. The molecule has 168 valence electrons. The normalized spacial score (nSPS) is 11.6. The Bertz CT molecular complexity index is 1400. The summed E-state index contributed by atoms with van der Waals surface area (Å²) in [5.74, 6) is -0.419. The zero-order valence-corrected chi connectivity index (χ0v) is 19.6. The molecule has 33 heavy (non-hydrogen) atoms. The number of carbonyl (C=O) groups is 1. The Morgan fingerprint density at radius 2 is 1.55 bits per heavy atom. The van der Waals surface area contributed by atoms with Crippen LogP contribution in [0.15, 0.2) is 95.9 Å².